The molecule has 2 aliphatic rings. The van der Waals surface area contributed by atoms with Crippen molar-refractivity contribution in [3.63, 3.8) is 0 Å². The van der Waals surface area contributed by atoms with E-state index >= 15 is 0 Å². The molecule has 0 aliphatic carbocycles. The minimum absolute atomic E-state index is 0.0207. The summed E-state index contributed by atoms with van der Waals surface area (Å²) >= 11 is 0. The largest absolute Gasteiger partial charge is 0.379 e. The quantitative estimate of drug-likeness (QED) is 0.480. The molecule has 32 heavy (non-hydrogen) atoms. The van der Waals surface area contributed by atoms with Crippen molar-refractivity contribution in [1.82, 2.24) is 9.62 Å². The lowest BCUT2D eigenvalue weighted by atomic mass is 9.94. The summed E-state index contributed by atoms with van der Waals surface area (Å²) in [6.07, 6.45) is 1.17. The maximum atomic E-state index is 12.9. The minimum Gasteiger partial charge on any atom is -0.379 e. The van der Waals surface area contributed by atoms with E-state index in [9.17, 15) is 23.3 Å². The van der Waals surface area contributed by atoms with Crippen LogP contribution in [0.25, 0.3) is 0 Å². The highest BCUT2D eigenvalue weighted by molar-refractivity contribution is 7.89. The zero-order valence-corrected chi connectivity index (χ0v) is 19.6. The molecule has 1 unspecified atom stereocenters. The summed E-state index contributed by atoms with van der Waals surface area (Å²) in [6.45, 7) is 8.12. The Labute approximate surface area is 189 Å². The first-order valence-corrected chi connectivity index (χ1v) is 12.5. The third-order valence-electron chi connectivity index (χ3n) is 6.33. The van der Waals surface area contributed by atoms with Crippen LogP contribution < -0.4 is 10.2 Å². The summed E-state index contributed by atoms with van der Waals surface area (Å²) < 4.78 is 32.3. The number of hydrogen-bond acceptors (Lipinski definition) is 7. The van der Waals surface area contributed by atoms with E-state index in [2.05, 4.69) is 19.2 Å². The number of nitro groups is 1. The number of sulfonamides is 1. The third kappa shape index (κ3) is 5.38. The monoisotopic (exact) mass is 468 g/mol. The van der Waals surface area contributed by atoms with Gasteiger partial charge in [0.15, 0.2) is 0 Å². The number of nitro benzene ring substituents is 1. The number of nitrogens with one attached hydrogen (secondary N) is 1. The molecule has 0 aromatic heterocycles. The number of carbonyl (C=O) groups excluding carboxylic acids is 1. The topological polar surface area (TPSA) is 122 Å². The lowest BCUT2D eigenvalue weighted by Crippen LogP contribution is -2.44. The molecule has 0 radical (unpaired) electrons. The fourth-order valence-electron chi connectivity index (χ4n) is 3.90. The Bertz CT molecular complexity index is 938. The van der Waals surface area contributed by atoms with E-state index in [4.69, 9.17) is 4.74 Å². The van der Waals surface area contributed by atoms with Gasteiger partial charge in [-0.25, -0.2) is 8.42 Å². The molecule has 2 heterocycles. The smallest absolute Gasteiger partial charge is 0.293 e. The molecule has 0 bridgehead atoms. The molecule has 2 aliphatic heterocycles. The molecule has 3 rings (SSSR count). The highest BCUT2D eigenvalue weighted by atomic mass is 32.2. The molecule has 178 valence electrons. The van der Waals surface area contributed by atoms with Crippen molar-refractivity contribution in [2.45, 2.75) is 44.6 Å². The molecule has 2 saturated heterocycles. The Morgan fingerprint density at radius 3 is 2.34 bits per heavy atom. The van der Waals surface area contributed by atoms with Gasteiger partial charge in [-0.2, -0.15) is 4.31 Å². The number of ether oxygens (including phenoxy) is 1. The van der Waals surface area contributed by atoms with Crippen molar-refractivity contribution >= 4 is 27.3 Å². The molecule has 1 atom stereocenters. The van der Waals surface area contributed by atoms with Gasteiger partial charge in [-0.05, 0) is 37.8 Å². The molecule has 1 amide bonds. The van der Waals surface area contributed by atoms with Gasteiger partial charge in [0.1, 0.15) is 5.69 Å². The molecule has 1 N–H and O–H groups in total. The van der Waals surface area contributed by atoms with Gasteiger partial charge in [0.2, 0.25) is 15.9 Å². The van der Waals surface area contributed by atoms with E-state index in [-0.39, 0.29) is 41.5 Å². The lowest BCUT2D eigenvalue weighted by Gasteiger charge is -2.33. The van der Waals surface area contributed by atoms with Crippen molar-refractivity contribution in [3.8, 4) is 0 Å². The number of benzene rings is 1. The Morgan fingerprint density at radius 2 is 1.78 bits per heavy atom. The molecule has 0 spiro atoms. The number of piperidine rings is 1. The van der Waals surface area contributed by atoms with Crippen LogP contribution in [0.2, 0.25) is 0 Å². The van der Waals surface area contributed by atoms with Gasteiger partial charge in [0.05, 0.1) is 23.0 Å². The highest BCUT2D eigenvalue weighted by Gasteiger charge is 2.32. The molecule has 1 aromatic carbocycles. The Morgan fingerprint density at radius 1 is 1.16 bits per heavy atom. The molecule has 2 fully saturated rings. The van der Waals surface area contributed by atoms with E-state index in [1.165, 1.54) is 16.4 Å². The summed E-state index contributed by atoms with van der Waals surface area (Å²) in [7, 11) is -3.83. The molecule has 1 aromatic rings. The van der Waals surface area contributed by atoms with Crippen LogP contribution in [0.1, 0.15) is 33.6 Å². The van der Waals surface area contributed by atoms with Gasteiger partial charge in [-0.3, -0.25) is 14.9 Å². The van der Waals surface area contributed by atoms with E-state index in [0.717, 1.165) is 6.07 Å². The van der Waals surface area contributed by atoms with Crippen LogP contribution >= 0.6 is 0 Å². The normalized spacial score (nSPS) is 19.7. The summed E-state index contributed by atoms with van der Waals surface area (Å²) in [6, 6.07) is 4.16. The average molecular weight is 469 g/mol. The maximum absolute atomic E-state index is 12.9. The first kappa shape index (κ1) is 24.4. The van der Waals surface area contributed by atoms with Crippen LogP contribution in [-0.4, -0.2) is 69.0 Å². The molecule has 10 nitrogen and oxygen atoms in total. The van der Waals surface area contributed by atoms with Crippen LogP contribution in [0.5, 0.6) is 0 Å². The zero-order chi connectivity index (χ0) is 23.5. The predicted octanol–water partition coefficient (Wildman–Crippen LogP) is 1.99. The second-order valence-electron chi connectivity index (χ2n) is 8.73. The fraction of sp³-hybridized carbons (Fsp3) is 0.667. The van der Waals surface area contributed by atoms with Crippen molar-refractivity contribution in [1.29, 1.82) is 0 Å². The number of rotatable bonds is 7. The predicted molar refractivity (Wildman–Crippen MR) is 120 cm³/mol. The van der Waals surface area contributed by atoms with Gasteiger partial charge in [-0.15, -0.1) is 0 Å². The number of nitrogens with zero attached hydrogens (tertiary/aromatic N) is 3. The van der Waals surface area contributed by atoms with Crippen LogP contribution in [0.15, 0.2) is 23.1 Å². The number of amides is 1. The highest BCUT2D eigenvalue weighted by Crippen LogP contribution is 2.34. The summed E-state index contributed by atoms with van der Waals surface area (Å²) in [5, 5.41) is 14.8. The Balaban J connectivity index is 1.73. The van der Waals surface area contributed by atoms with E-state index in [0.29, 0.717) is 50.8 Å². The number of morpholine rings is 1. The molecular weight excluding hydrogens is 436 g/mol. The van der Waals surface area contributed by atoms with E-state index < -0.39 is 14.9 Å². The summed E-state index contributed by atoms with van der Waals surface area (Å²) in [5.41, 5.74) is 0.140. The third-order valence-corrected chi connectivity index (χ3v) is 8.22. The Hall–Kier alpha value is -2.24. The van der Waals surface area contributed by atoms with Crippen molar-refractivity contribution < 1.29 is 22.9 Å². The maximum Gasteiger partial charge on any atom is 0.293 e. The number of anilines is 1. The lowest BCUT2D eigenvalue weighted by molar-refractivity contribution is -0.384. The standard InChI is InChI=1S/C21H32N4O6S/c1-15(2)16(3)22-21(26)17-6-8-23(9-7-17)19-5-4-18(14-20(19)25(27)28)32(29,30)24-10-12-31-13-11-24/h4-5,14-17H,6-13H2,1-3H3,(H,22,26). The minimum atomic E-state index is -3.83. The van der Waals surface area contributed by atoms with Crippen molar-refractivity contribution in [3.05, 3.63) is 28.3 Å². The van der Waals surface area contributed by atoms with Crippen molar-refractivity contribution in [2.24, 2.45) is 11.8 Å². The summed E-state index contributed by atoms with van der Waals surface area (Å²) in [5.74, 6) is 0.230. The number of carbonyl (C=O) groups is 1. The molecular formula is C21H32N4O6S. The van der Waals surface area contributed by atoms with E-state index in [1.807, 2.05) is 11.8 Å². The van der Waals surface area contributed by atoms with Gasteiger partial charge >= 0.3 is 0 Å². The van der Waals surface area contributed by atoms with Crippen LogP contribution in [0.3, 0.4) is 0 Å². The molecule has 0 saturated carbocycles. The second kappa shape index (κ2) is 10.1. The second-order valence-corrected chi connectivity index (χ2v) is 10.7. The van der Waals surface area contributed by atoms with Crippen molar-refractivity contribution in [2.75, 3.05) is 44.3 Å². The average Bonchev–Trinajstić information content (AvgIpc) is 2.79. The first-order chi connectivity index (χ1) is 15.1. The fourth-order valence-corrected chi connectivity index (χ4v) is 5.33. The SMILES string of the molecule is CC(C)C(C)NC(=O)C1CCN(c2ccc(S(=O)(=O)N3CCOCC3)cc2[N+](=O)[O-])CC1. The van der Waals surface area contributed by atoms with E-state index in [1.54, 1.807) is 0 Å². The molecule has 11 heteroatoms. The summed E-state index contributed by atoms with van der Waals surface area (Å²) in [4.78, 5) is 25.5. The van der Waals surface area contributed by atoms with Gasteiger partial charge < -0.3 is 15.0 Å². The first-order valence-electron chi connectivity index (χ1n) is 11.0. The van der Waals surface area contributed by atoms with Gasteiger partial charge in [0.25, 0.3) is 5.69 Å². The van der Waals surface area contributed by atoms with Gasteiger partial charge in [0, 0.05) is 44.2 Å². The Kier molecular flexibility index (Phi) is 7.73. The van der Waals surface area contributed by atoms with Crippen LogP contribution in [-0.2, 0) is 19.6 Å². The zero-order valence-electron chi connectivity index (χ0n) is 18.8. The van der Waals surface area contributed by atoms with Crippen LogP contribution in [0, 0.1) is 22.0 Å². The van der Waals surface area contributed by atoms with Crippen LogP contribution in [0.4, 0.5) is 11.4 Å². The van der Waals surface area contributed by atoms with Gasteiger partial charge in [-0.1, -0.05) is 13.8 Å². The number of hydrogen-bond donors (Lipinski definition) is 1.